The molecule has 10 nitrogen and oxygen atoms in total. The SMILES string of the molecule is Cc1cc(NC(=O)CSC2NC(=O)C(NC(=O)c3ccc(F)c(F)c3)C(N)N2)no1. The number of hydrogen-bond acceptors (Lipinski definition) is 8. The molecule has 2 aromatic rings. The minimum absolute atomic E-state index is 0.0253. The molecule has 13 heteroatoms. The summed E-state index contributed by atoms with van der Waals surface area (Å²) in [6, 6.07) is 3.01. The number of nitrogens with one attached hydrogen (secondary N) is 4. The average Bonchev–Trinajstić information content (AvgIpc) is 3.09. The molecule has 1 saturated heterocycles. The smallest absolute Gasteiger partial charge is 0.252 e. The van der Waals surface area contributed by atoms with Gasteiger partial charge in [0.2, 0.25) is 11.8 Å². The Kier molecular flexibility index (Phi) is 6.64. The topological polar surface area (TPSA) is 151 Å². The van der Waals surface area contributed by atoms with Crippen LogP contribution in [0.25, 0.3) is 0 Å². The maximum Gasteiger partial charge on any atom is 0.252 e. The van der Waals surface area contributed by atoms with E-state index in [4.69, 9.17) is 10.3 Å². The van der Waals surface area contributed by atoms with E-state index in [1.54, 1.807) is 13.0 Å². The van der Waals surface area contributed by atoms with Crippen LogP contribution in [0, 0.1) is 18.6 Å². The molecule has 3 amide bonds. The number of halogens is 2. The molecule has 0 bridgehead atoms. The zero-order valence-electron chi connectivity index (χ0n) is 15.6. The summed E-state index contributed by atoms with van der Waals surface area (Å²) >= 11 is 1.06. The molecule has 0 saturated carbocycles. The van der Waals surface area contributed by atoms with Gasteiger partial charge in [0, 0.05) is 11.6 Å². The van der Waals surface area contributed by atoms with Crippen LogP contribution in [-0.4, -0.2) is 46.3 Å². The van der Waals surface area contributed by atoms with Crippen LogP contribution in [-0.2, 0) is 9.59 Å². The number of nitrogens with zero attached hydrogens (tertiary/aromatic N) is 1. The van der Waals surface area contributed by atoms with Gasteiger partial charge in [-0.15, -0.1) is 11.8 Å². The van der Waals surface area contributed by atoms with Crippen LogP contribution in [0.1, 0.15) is 16.1 Å². The first-order chi connectivity index (χ1) is 14.2. The Morgan fingerprint density at radius 1 is 1.30 bits per heavy atom. The first-order valence-electron chi connectivity index (χ1n) is 8.65. The highest BCUT2D eigenvalue weighted by Gasteiger charge is 2.35. The van der Waals surface area contributed by atoms with Gasteiger partial charge >= 0.3 is 0 Å². The Hall–Kier alpha value is -3.03. The number of amides is 3. The van der Waals surface area contributed by atoms with E-state index in [-0.39, 0.29) is 23.0 Å². The van der Waals surface area contributed by atoms with E-state index in [0.29, 0.717) is 5.76 Å². The molecule has 0 radical (unpaired) electrons. The molecular weight excluding hydrogens is 422 g/mol. The van der Waals surface area contributed by atoms with E-state index in [2.05, 4.69) is 26.4 Å². The number of thioether (sulfide) groups is 1. The third-order valence-corrected chi connectivity index (χ3v) is 5.02. The van der Waals surface area contributed by atoms with Gasteiger partial charge in [0.25, 0.3) is 5.91 Å². The lowest BCUT2D eigenvalue weighted by Gasteiger charge is -2.35. The lowest BCUT2D eigenvalue weighted by atomic mass is 10.1. The van der Waals surface area contributed by atoms with Crippen LogP contribution in [0.5, 0.6) is 0 Å². The summed E-state index contributed by atoms with van der Waals surface area (Å²) in [6.07, 6.45) is -0.980. The summed E-state index contributed by atoms with van der Waals surface area (Å²) in [6.45, 7) is 1.68. The summed E-state index contributed by atoms with van der Waals surface area (Å²) in [5.74, 6) is -3.25. The van der Waals surface area contributed by atoms with Gasteiger partial charge in [0.1, 0.15) is 17.3 Å². The lowest BCUT2D eigenvalue weighted by Crippen LogP contribution is -2.70. The van der Waals surface area contributed by atoms with Crippen molar-refractivity contribution in [2.45, 2.75) is 24.6 Å². The van der Waals surface area contributed by atoms with Crippen molar-refractivity contribution in [2.24, 2.45) is 5.73 Å². The maximum atomic E-state index is 13.3. The second kappa shape index (κ2) is 9.19. The molecule has 6 N–H and O–H groups in total. The standard InChI is InChI=1S/C17H18F2N6O4S/c1-7-4-11(25-29-7)21-12(26)6-30-17-23-14(20)13(16(28)24-17)22-15(27)8-2-3-9(18)10(19)5-8/h2-5,13-14,17,23H,6,20H2,1H3,(H,22,27)(H,24,28)(H,21,25,26). The summed E-state index contributed by atoms with van der Waals surface area (Å²) in [4.78, 5) is 36.5. The molecule has 0 aliphatic carbocycles. The molecule has 30 heavy (non-hydrogen) atoms. The third kappa shape index (κ3) is 5.31. The van der Waals surface area contributed by atoms with E-state index < -0.39 is 41.2 Å². The molecule has 1 aromatic heterocycles. The van der Waals surface area contributed by atoms with E-state index in [1.165, 1.54) is 0 Å². The highest BCUT2D eigenvalue weighted by molar-refractivity contribution is 8.00. The Labute approximate surface area is 173 Å². The van der Waals surface area contributed by atoms with Gasteiger partial charge in [-0.2, -0.15) is 0 Å². The van der Waals surface area contributed by atoms with Crippen molar-refractivity contribution < 1.29 is 27.7 Å². The predicted molar refractivity (Wildman–Crippen MR) is 103 cm³/mol. The molecule has 2 heterocycles. The van der Waals surface area contributed by atoms with Crippen LogP contribution in [0.15, 0.2) is 28.8 Å². The number of carbonyl (C=O) groups is 3. The fraction of sp³-hybridized carbons (Fsp3) is 0.294. The molecule has 3 atom stereocenters. The van der Waals surface area contributed by atoms with Crippen LogP contribution < -0.4 is 27.0 Å². The fourth-order valence-electron chi connectivity index (χ4n) is 2.57. The van der Waals surface area contributed by atoms with Crippen LogP contribution >= 0.6 is 11.8 Å². The number of nitrogens with two attached hydrogens (primary N) is 1. The first kappa shape index (κ1) is 21.7. The third-order valence-electron chi connectivity index (χ3n) is 4.00. The Bertz CT molecular complexity index is 971. The maximum absolute atomic E-state index is 13.3. The van der Waals surface area contributed by atoms with E-state index in [1.807, 2.05) is 0 Å². The van der Waals surface area contributed by atoms with E-state index in [9.17, 15) is 23.2 Å². The molecule has 3 rings (SSSR count). The number of anilines is 1. The first-order valence-corrected chi connectivity index (χ1v) is 9.70. The van der Waals surface area contributed by atoms with Gasteiger partial charge in [-0.1, -0.05) is 5.16 Å². The van der Waals surface area contributed by atoms with Gasteiger partial charge in [-0.25, -0.2) is 8.78 Å². The lowest BCUT2D eigenvalue weighted by molar-refractivity contribution is -0.125. The Morgan fingerprint density at radius 3 is 2.70 bits per heavy atom. The van der Waals surface area contributed by atoms with Crippen molar-refractivity contribution in [1.82, 2.24) is 21.1 Å². The summed E-state index contributed by atoms with van der Waals surface area (Å²) in [5.41, 5.74) is 5.07. The van der Waals surface area contributed by atoms with Crippen LogP contribution in [0.4, 0.5) is 14.6 Å². The molecule has 0 spiro atoms. The fourth-order valence-corrected chi connectivity index (χ4v) is 3.41. The normalized spacial score (nSPS) is 21.1. The number of hydrogen-bond donors (Lipinski definition) is 5. The molecule has 1 aromatic carbocycles. The number of rotatable bonds is 6. The van der Waals surface area contributed by atoms with Gasteiger partial charge in [0.15, 0.2) is 17.5 Å². The van der Waals surface area contributed by atoms with E-state index in [0.717, 1.165) is 30.0 Å². The monoisotopic (exact) mass is 440 g/mol. The van der Waals surface area contributed by atoms with Crippen molar-refractivity contribution in [3.63, 3.8) is 0 Å². The largest absolute Gasteiger partial charge is 0.360 e. The van der Waals surface area contributed by atoms with Crippen LogP contribution in [0.3, 0.4) is 0 Å². The number of aromatic nitrogens is 1. The number of carbonyl (C=O) groups excluding carboxylic acids is 3. The molecule has 3 unspecified atom stereocenters. The molecule has 1 aliphatic heterocycles. The molecule has 1 fully saturated rings. The van der Waals surface area contributed by atoms with Crippen LogP contribution in [0.2, 0.25) is 0 Å². The van der Waals surface area contributed by atoms with Crippen molar-refractivity contribution in [1.29, 1.82) is 0 Å². The molecule has 1 aliphatic rings. The second-order valence-corrected chi connectivity index (χ2v) is 7.44. The minimum Gasteiger partial charge on any atom is -0.360 e. The van der Waals surface area contributed by atoms with Gasteiger partial charge < -0.3 is 26.2 Å². The zero-order valence-corrected chi connectivity index (χ0v) is 16.4. The highest BCUT2D eigenvalue weighted by atomic mass is 32.2. The van der Waals surface area contributed by atoms with E-state index >= 15 is 0 Å². The Morgan fingerprint density at radius 2 is 2.07 bits per heavy atom. The minimum atomic E-state index is -1.19. The molecule has 160 valence electrons. The second-order valence-electron chi connectivity index (χ2n) is 6.34. The predicted octanol–water partition coefficient (Wildman–Crippen LogP) is 0.0193. The number of aryl methyl sites for hydroxylation is 1. The van der Waals surface area contributed by atoms with Crippen molar-refractivity contribution in [3.05, 3.63) is 47.2 Å². The van der Waals surface area contributed by atoms with Crippen molar-refractivity contribution in [2.75, 3.05) is 11.1 Å². The van der Waals surface area contributed by atoms with Crippen molar-refractivity contribution >= 4 is 35.3 Å². The summed E-state index contributed by atoms with van der Waals surface area (Å²) in [5, 5.41) is 14.0. The number of benzene rings is 1. The Balaban J connectivity index is 1.50. The average molecular weight is 440 g/mol. The van der Waals surface area contributed by atoms with Crippen molar-refractivity contribution in [3.8, 4) is 0 Å². The summed E-state index contributed by atoms with van der Waals surface area (Å²) in [7, 11) is 0. The van der Waals surface area contributed by atoms with Gasteiger partial charge in [-0.3, -0.25) is 19.7 Å². The summed E-state index contributed by atoms with van der Waals surface area (Å²) < 4.78 is 31.1. The van der Waals surface area contributed by atoms with Gasteiger partial charge in [0.05, 0.1) is 11.9 Å². The quantitative estimate of drug-likeness (QED) is 0.422. The molecular formula is C17H18F2N6O4S. The zero-order chi connectivity index (χ0) is 21.8. The van der Waals surface area contributed by atoms with Gasteiger partial charge in [-0.05, 0) is 25.1 Å². The highest BCUT2D eigenvalue weighted by Crippen LogP contribution is 2.14.